The van der Waals surface area contributed by atoms with Crippen LogP contribution in [-0.4, -0.2) is 28.1 Å². The van der Waals surface area contributed by atoms with E-state index in [4.69, 9.17) is 0 Å². The van der Waals surface area contributed by atoms with Gasteiger partial charge in [0.25, 0.3) is 5.56 Å². The second kappa shape index (κ2) is 9.83. The summed E-state index contributed by atoms with van der Waals surface area (Å²) in [5.41, 5.74) is 6.81. The van der Waals surface area contributed by atoms with Gasteiger partial charge in [-0.05, 0) is 47.2 Å². The number of aliphatic hydroxyl groups excluding tert-OH is 1. The lowest BCUT2D eigenvalue weighted by Crippen LogP contribution is -2.38. The lowest BCUT2D eigenvalue weighted by molar-refractivity contribution is 0.241. The molecule has 2 aliphatic carbocycles. The van der Waals surface area contributed by atoms with Gasteiger partial charge in [-0.2, -0.15) is 4.39 Å². The number of hydrogen-bond donors (Lipinski definition) is 2. The topological polar surface area (TPSA) is 56.3 Å². The number of aliphatic hydroxyl groups is 1. The van der Waals surface area contributed by atoms with E-state index in [-0.39, 0.29) is 24.4 Å². The Hall–Kier alpha value is -3.96. The van der Waals surface area contributed by atoms with E-state index in [0.29, 0.717) is 12.1 Å². The summed E-state index contributed by atoms with van der Waals surface area (Å²) >= 11 is 0. The standard InChI is InChI=1S/C32H29FN2O2/c33-30-16-15-27(32(37)34-30)31-25-13-11-23(21-7-3-1-4-8-21)19-28(25)35(17-18-36)29-20-24(12-14-26(29)31)22-9-5-2-6-10-22/h1-11,13-16,20,23-24,31,36H,12,17-19H2,(H,34,37). The maximum Gasteiger partial charge on any atom is 0.254 e. The monoisotopic (exact) mass is 492 g/mol. The van der Waals surface area contributed by atoms with Gasteiger partial charge in [0.05, 0.1) is 6.61 Å². The summed E-state index contributed by atoms with van der Waals surface area (Å²) in [7, 11) is 0. The second-order valence-corrected chi connectivity index (χ2v) is 9.85. The van der Waals surface area contributed by atoms with Crippen molar-refractivity contribution in [1.82, 2.24) is 9.88 Å². The molecule has 0 fully saturated rings. The highest BCUT2D eigenvalue weighted by molar-refractivity contribution is 5.59. The van der Waals surface area contributed by atoms with Crippen molar-refractivity contribution < 1.29 is 9.50 Å². The molecule has 5 heteroatoms. The van der Waals surface area contributed by atoms with Crippen LogP contribution in [0.1, 0.15) is 47.3 Å². The van der Waals surface area contributed by atoms with Gasteiger partial charge in [-0.25, -0.2) is 0 Å². The predicted octanol–water partition coefficient (Wildman–Crippen LogP) is 5.90. The molecular formula is C32H29FN2O2. The molecule has 0 spiro atoms. The summed E-state index contributed by atoms with van der Waals surface area (Å²) in [6.07, 6.45) is 10.4. The SMILES string of the molecule is O=c1[nH]c(F)ccc1C1C2=CCC(c3ccccc3)C=C2N(CCO)C2=C1C=CC(c1ccccc1)C2. The largest absolute Gasteiger partial charge is 0.395 e. The average Bonchev–Trinajstić information content (AvgIpc) is 2.94. The van der Waals surface area contributed by atoms with Gasteiger partial charge in [0.2, 0.25) is 0 Å². The Balaban J connectivity index is 1.52. The van der Waals surface area contributed by atoms with E-state index >= 15 is 0 Å². The maximum atomic E-state index is 13.9. The van der Waals surface area contributed by atoms with Gasteiger partial charge in [-0.3, -0.25) is 9.78 Å². The zero-order chi connectivity index (χ0) is 25.4. The second-order valence-electron chi connectivity index (χ2n) is 9.85. The van der Waals surface area contributed by atoms with E-state index in [0.717, 1.165) is 35.4 Å². The Morgan fingerprint density at radius 3 is 2.32 bits per heavy atom. The van der Waals surface area contributed by atoms with Crippen LogP contribution in [0.5, 0.6) is 0 Å². The minimum absolute atomic E-state index is 0.0128. The van der Waals surface area contributed by atoms with Gasteiger partial charge in [0.15, 0.2) is 5.95 Å². The van der Waals surface area contributed by atoms with E-state index in [9.17, 15) is 14.3 Å². The van der Waals surface area contributed by atoms with Crippen LogP contribution in [0.2, 0.25) is 0 Å². The number of fused-ring (bicyclic) bond motifs is 1. The van der Waals surface area contributed by atoms with Crippen molar-refractivity contribution in [2.75, 3.05) is 13.2 Å². The number of nitrogens with one attached hydrogen (secondary N) is 1. The van der Waals surface area contributed by atoms with Gasteiger partial charge in [0, 0.05) is 41.3 Å². The normalized spacial score (nSPS) is 22.8. The number of hydrogen-bond acceptors (Lipinski definition) is 3. The quantitative estimate of drug-likeness (QED) is 0.436. The first-order chi connectivity index (χ1) is 18.1. The number of benzene rings is 2. The zero-order valence-electron chi connectivity index (χ0n) is 20.5. The van der Waals surface area contributed by atoms with E-state index in [1.54, 1.807) is 6.07 Å². The molecule has 3 atom stereocenters. The lowest BCUT2D eigenvalue weighted by atomic mass is 9.72. The summed E-state index contributed by atoms with van der Waals surface area (Å²) in [4.78, 5) is 17.6. The molecule has 1 aromatic heterocycles. The molecule has 0 saturated heterocycles. The van der Waals surface area contributed by atoms with Crippen molar-refractivity contribution in [3.63, 3.8) is 0 Å². The molecule has 3 aliphatic rings. The van der Waals surface area contributed by atoms with Gasteiger partial charge in [-0.15, -0.1) is 0 Å². The Morgan fingerprint density at radius 1 is 0.946 bits per heavy atom. The molecular weight excluding hydrogens is 463 g/mol. The highest BCUT2D eigenvalue weighted by Crippen LogP contribution is 2.51. The van der Waals surface area contributed by atoms with Crippen LogP contribution in [0.4, 0.5) is 4.39 Å². The minimum atomic E-state index is -0.637. The third kappa shape index (κ3) is 4.30. The van der Waals surface area contributed by atoms with Crippen LogP contribution in [0.25, 0.3) is 0 Å². The zero-order valence-corrected chi connectivity index (χ0v) is 20.5. The molecule has 6 rings (SSSR count). The molecule has 3 unspecified atom stereocenters. The molecule has 2 N–H and O–H groups in total. The van der Waals surface area contributed by atoms with Crippen molar-refractivity contribution >= 4 is 0 Å². The number of aromatic amines is 1. The molecule has 0 bridgehead atoms. The number of nitrogens with zero attached hydrogens (tertiary/aromatic N) is 1. The minimum Gasteiger partial charge on any atom is -0.395 e. The average molecular weight is 493 g/mol. The number of aromatic nitrogens is 1. The van der Waals surface area contributed by atoms with Crippen molar-refractivity contribution in [2.24, 2.45) is 0 Å². The van der Waals surface area contributed by atoms with Crippen molar-refractivity contribution in [3.05, 3.63) is 153 Å². The number of β-amino-alcohol motifs (C(OH)–C–C–N with tert-alkyl or cyclic N) is 1. The lowest BCUT2D eigenvalue weighted by Gasteiger charge is -2.45. The highest BCUT2D eigenvalue weighted by Gasteiger charge is 2.39. The molecule has 1 aliphatic heterocycles. The summed E-state index contributed by atoms with van der Waals surface area (Å²) < 4.78 is 13.9. The number of pyridine rings is 1. The summed E-state index contributed by atoms with van der Waals surface area (Å²) in [5.74, 6) is -0.556. The number of halogens is 1. The third-order valence-corrected chi connectivity index (χ3v) is 7.73. The van der Waals surface area contributed by atoms with E-state index in [1.165, 1.54) is 17.2 Å². The van der Waals surface area contributed by atoms with Crippen LogP contribution in [0.15, 0.2) is 124 Å². The first-order valence-electron chi connectivity index (χ1n) is 12.8. The molecule has 3 aromatic rings. The van der Waals surface area contributed by atoms with E-state index in [1.807, 2.05) is 12.1 Å². The molecule has 186 valence electrons. The summed E-state index contributed by atoms with van der Waals surface area (Å²) in [6.45, 7) is 0.476. The molecule has 4 nitrogen and oxygen atoms in total. The van der Waals surface area contributed by atoms with Crippen LogP contribution < -0.4 is 5.56 Å². The molecule has 37 heavy (non-hydrogen) atoms. The first-order valence-corrected chi connectivity index (χ1v) is 12.8. The van der Waals surface area contributed by atoms with Crippen LogP contribution in [-0.2, 0) is 0 Å². The maximum absolute atomic E-state index is 13.9. The first kappa shape index (κ1) is 23.4. The van der Waals surface area contributed by atoms with Gasteiger partial charge >= 0.3 is 0 Å². The molecule has 2 aromatic carbocycles. The Bertz CT molecular complexity index is 1480. The number of rotatable bonds is 5. The highest BCUT2D eigenvalue weighted by atomic mass is 19.1. The third-order valence-electron chi connectivity index (χ3n) is 7.73. The number of H-pyrrole nitrogens is 1. The summed E-state index contributed by atoms with van der Waals surface area (Å²) in [6, 6.07) is 23.7. The van der Waals surface area contributed by atoms with E-state index < -0.39 is 11.5 Å². The summed E-state index contributed by atoms with van der Waals surface area (Å²) in [5, 5.41) is 10.1. The van der Waals surface area contributed by atoms with Crippen LogP contribution >= 0.6 is 0 Å². The fourth-order valence-corrected chi connectivity index (χ4v) is 6.02. The fraction of sp³-hybridized carbons (Fsp3) is 0.219. The van der Waals surface area contributed by atoms with E-state index in [2.05, 4.69) is 82.7 Å². The smallest absolute Gasteiger partial charge is 0.254 e. The Morgan fingerprint density at radius 2 is 1.65 bits per heavy atom. The predicted molar refractivity (Wildman–Crippen MR) is 143 cm³/mol. The number of allylic oxidation sites excluding steroid dienone is 7. The Kier molecular flexibility index (Phi) is 6.23. The molecule has 0 radical (unpaired) electrons. The van der Waals surface area contributed by atoms with Crippen LogP contribution in [0.3, 0.4) is 0 Å². The molecule has 0 amide bonds. The van der Waals surface area contributed by atoms with Gasteiger partial charge in [0.1, 0.15) is 0 Å². The van der Waals surface area contributed by atoms with Gasteiger partial charge < -0.3 is 10.0 Å². The van der Waals surface area contributed by atoms with Crippen molar-refractivity contribution in [3.8, 4) is 0 Å². The molecule has 2 heterocycles. The van der Waals surface area contributed by atoms with Crippen LogP contribution in [0, 0.1) is 5.95 Å². The van der Waals surface area contributed by atoms with Crippen molar-refractivity contribution in [2.45, 2.75) is 30.6 Å². The fourth-order valence-electron chi connectivity index (χ4n) is 6.02. The Labute approximate surface area is 215 Å². The van der Waals surface area contributed by atoms with Gasteiger partial charge in [-0.1, -0.05) is 85.0 Å². The van der Waals surface area contributed by atoms with Crippen molar-refractivity contribution in [1.29, 1.82) is 0 Å². The molecule has 0 saturated carbocycles.